The van der Waals surface area contributed by atoms with E-state index in [1.807, 2.05) is 35.4 Å². The van der Waals surface area contributed by atoms with Gasteiger partial charge in [-0.05, 0) is 23.6 Å². The Balaban J connectivity index is 1.45. The number of rotatable bonds is 4. The highest BCUT2D eigenvalue weighted by atomic mass is 32.1. The maximum absolute atomic E-state index is 13.4. The molecule has 2 saturated heterocycles. The number of pyridine rings is 1. The van der Waals surface area contributed by atoms with E-state index in [9.17, 15) is 4.79 Å². The standard InChI is InChI=1S/C23H25N3O3S/c27-23(26-10-12-28-13-11-26)22-21(18-6-1-2-7-20(18)30-22)19-16-25(9-14-29-19)15-17-5-3-4-8-24-17/h1-8,19H,9-16H2. The highest BCUT2D eigenvalue weighted by Gasteiger charge is 2.32. The molecule has 6 nitrogen and oxygen atoms in total. The summed E-state index contributed by atoms with van der Waals surface area (Å²) in [6.45, 7) is 5.53. The largest absolute Gasteiger partial charge is 0.378 e. The number of carbonyl (C=O) groups is 1. The van der Waals surface area contributed by atoms with Gasteiger partial charge in [0.1, 0.15) is 0 Å². The molecule has 0 N–H and O–H groups in total. The van der Waals surface area contributed by atoms with Crippen molar-refractivity contribution in [2.24, 2.45) is 0 Å². The molecule has 0 aliphatic carbocycles. The van der Waals surface area contributed by atoms with Crippen LogP contribution >= 0.6 is 11.3 Å². The molecule has 2 aliphatic heterocycles. The zero-order valence-electron chi connectivity index (χ0n) is 16.8. The SMILES string of the molecule is O=C(c1sc2ccccc2c1C1CN(Cc2ccccn2)CCO1)N1CCOCC1. The van der Waals surface area contributed by atoms with E-state index >= 15 is 0 Å². The molecule has 0 radical (unpaired) electrons. The van der Waals surface area contributed by atoms with Gasteiger partial charge in [-0.15, -0.1) is 11.3 Å². The van der Waals surface area contributed by atoms with Crippen molar-refractivity contribution in [3.63, 3.8) is 0 Å². The minimum absolute atomic E-state index is 0.0972. The molecule has 30 heavy (non-hydrogen) atoms. The maximum atomic E-state index is 13.4. The molecule has 2 fully saturated rings. The summed E-state index contributed by atoms with van der Waals surface area (Å²) in [6.07, 6.45) is 1.71. The fourth-order valence-electron chi connectivity index (χ4n) is 4.20. The van der Waals surface area contributed by atoms with Gasteiger partial charge in [-0.3, -0.25) is 14.7 Å². The van der Waals surface area contributed by atoms with E-state index in [1.165, 1.54) is 0 Å². The van der Waals surface area contributed by atoms with Crippen molar-refractivity contribution in [2.75, 3.05) is 46.0 Å². The Labute approximate surface area is 180 Å². The first-order valence-electron chi connectivity index (χ1n) is 10.4. The zero-order valence-corrected chi connectivity index (χ0v) is 17.6. The van der Waals surface area contributed by atoms with E-state index < -0.39 is 0 Å². The Hall–Kier alpha value is -2.32. The number of thiophene rings is 1. The smallest absolute Gasteiger partial charge is 0.264 e. The molecule has 156 valence electrons. The third-order valence-electron chi connectivity index (χ3n) is 5.71. The normalized spacial score (nSPS) is 20.5. The third kappa shape index (κ3) is 3.98. The molecule has 5 rings (SSSR count). The van der Waals surface area contributed by atoms with Gasteiger partial charge in [0, 0.05) is 49.2 Å². The van der Waals surface area contributed by atoms with Gasteiger partial charge in [-0.1, -0.05) is 24.3 Å². The van der Waals surface area contributed by atoms with Crippen LogP contribution in [-0.4, -0.2) is 66.7 Å². The van der Waals surface area contributed by atoms with Crippen molar-refractivity contribution in [1.82, 2.24) is 14.8 Å². The Morgan fingerprint density at radius 3 is 2.73 bits per heavy atom. The van der Waals surface area contributed by atoms with Crippen LogP contribution in [0.4, 0.5) is 0 Å². The fraction of sp³-hybridized carbons (Fsp3) is 0.391. The number of hydrogen-bond acceptors (Lipinski definition) is 6. The van der Waals surface area contributed by atoms with Crippen molar-refractivity contribution in [3.8, 4) is 0 Å². The summed E-state index contributed by atoms with van der Waals surface area (Å²) in [5.74, 6) is 0.0972. The zero-order chi connectivity index (χ0) is 20.3. The van der Waals surface area contributed by atoms with Gasteiger partial charge in [0.2, 0.25) is 0 Å². The average Bonchev–Trinajstić information content (AvgIpc) is 3.20. The van der Waals surface area contributed by atoms with Gasteiger partial charge in [-0.25, -0.2) is 0 Å². The van der Waals surface area contributed by atoms with Crippen molar-refractivity contribution in [2.45, 2.75) is 12.6 Å². The summed E-state index contributed by atoms with van der Waals surface area (Å²) < 4.78 is 12.8. The molecule has 1 unspecified atom stereocenters. The summed E-state index contributed by atoms with van der Waals surface area (Å²) >= 11 is 1.58. The van der Waals surface area contributed by atoms with Gasteiger partial charge >= 0.3 is 0 Å². The lowest BCUT2D eigenvalue weighted by atomic mass is 10.0. The monoisotopic (exact) mass is 423 g/mol. The Morgan fingerprint density at radius 1 is 1.07 bits per heavy atom. The van der Waals surface area contributed by atoms with Crippen molar-refractivity contribution >= 4 is 27.3 Å². The molecule has 1 atom stereocenters. The number of nitrogens with zero attached hydrogens (tertiary/aromatic N) is 3. The molecule has 7 heteroatoms. The molecular formula is C23H25N3O3S. The van der Waals surface area contributed by atoms with E-state index in [2.05, 4.69) is 28.1 Å². The second kappa shape index (κ2) is 8.81. The second-order valence-electron chi connectivity index (χ2n) is 7.66. The lowest BCUT2D eigenvalue weighted by Crippen LogP contribution is -2.41. The number of benzene rings is 1. The molecule has 0 spiro atoms. The van der Waals surface area contributed by atoms with E-state index in [-0.39, 0.29) is 12.0 Å². The molecule has 4 heterocycles. The van der Waals surface area contributed by atoms with Gasteiger partial charge in [0.15, 0.2) is 0 Å². The molecule has 0 saturated carbocycles. The lowest BCUT2D eigenvalue weighted by molar-refractivity contribution is -0.0328. The van der Waals surface area contributed by atoms with Crippen LogP contribution in [0.1, 0.15) is 27.0 Å². The molecule has 0 bridgehead atoms. The summed E-state index contributed by atoms with van der Waals surface area (Å²) in [5.41, 5.74) is 2.09. The number of morpholine rings is 2. The highest BCUT2D eigenvalue weighted by molar-refractivity contribution is 7.21. The summed E-state index contributed by atoms with van der Waals surface area (Å²) in [7, 11) is 0. The predicted octanol–water partition coefficient (Wildman–Crippen LogP) is 3.34. The summed E-state index contributed by atoms with van der Waals surface area (Å²) in [5, 5.41) is 1.13. The Bertz CT molecular complexity index is 1020. The Morgan fingerprint density at radius 2 is 1.90 bits per heavy atom. The van der Waals surface area contributed by atoms with E-state index in [1.54, 1.807) is 11.3 Å². The van der Waals surface area contributed by atoms with Crippen molar-refractivity contribution in [1.29, 1.82) is 0 Å². The van der Waals surface area contributed by atoms with Crippen LogP contribution in [0.15, 0.2) is 48.7 Å². The van der Waals surface area contributed by atoms with Crippen LogP contribution in [0.25, 0.3) is 10.1 Å². The molecular weight excluding hydrogens is 398 g/mol. The quantitative estimate of drug-likeness (QED) is 0.644. The first-order valence-corrected chi connectivity index (χ1v) is 11.2. The molecule has 3 aromatic rings. The van der Waals surface area contributed by atoms with E-state index in [0.717, 1.165) is 45.9 Å². The second-order valence-corrected chi connectivity index (χ2v) is 8.71. The first-order chi connectivity index (χ1) is 14.8. The van der Waals surface area contributed by atoms with Gasteiger partial charge in [0.25, 0.3) is 5.91 Å². The fourth-order valence-corrected chi connectivity index (χ4v) is 5.42. The number of aromatic nitrogens is 1. The Kier molecular flexibility index (Phi) is 5.77. The van der Waals surface area contributed by atoms with Crippen LogP contribution in [-0.2, 0) is 16.0 Å². The maximum Gasteiger partial charge on any atom is 0.264 e. The van der Waals surface area contributed by atoms with Gasteiger partial charge in [-0.2, -0.15) is 0 Å². The van der Waals surface area contributed by atoms with E-state index in [4.69, 9.17) is 9.47 Å². The highest BCUT2D eigenvalue weighted by Crippen LogP contribution is 2.39. The summed E-state index contributed by atoms with van der Waals surface area (Å²) in [6, 6.07) is 14.3. The van der Waals surface area contributed by atoms with Crippen LogP contribution in [0.5, 0.6) is 0 Å². The predicted molar refractivity (Wildman–Crippen MR) is 117 cm³/mol. The molecule has 2 aliphatic rings. The average molecular weight is 424 g/mol. The van der Waals surface area contributed by atoms with Gasteiger partial charge < -0.3 is 14.4 Å². The van der Waals surface area contributed by atoms with Crippen molar-refractivity contribution in [3.05, 3.63) is 64.8 Å². The topological polar surface area (TPSA) is 54.9 Å². The lowest BCUT2D eigenvalue weighted by Gasteiger charge is -2.33. The van der Waals surface area contributed by atoms with Crippen molar-refractivity contribution < 1.29 is 14.3 Å². The number of amides is 1. The first kappa shape index (κ1) is 19.6. The third-order valence-corrected chi connectivity index (χ3v) is 6.89. The number of hydrogen-bond donors (Lipinski definition) is 0. The minimum atomic E-state index is -0.126. The number of ether oxygens (including phenoxy) is 2. The van der Waals surface area contributed by atoms with Gasteiger partial charge in [0.05, 0.1) is 36.5 Å². The van der Waals surface area contributed by atoms with E-state index in [0.29, 0.717) is 32.9 Å². The number of carbonyl (C=O) groups excluding carboxylic acids is 1. The molecule has 1 amide bonds. The van der Waals surface area contributed by atoms with Crippen LogP contribution in [0.3, 0.4) is 0 Å². The van der Waals surface area contributed by atoms with Crippen LogP contribution in [0, 0.1) is 0 Å². The molecule has 1 aromatic carbocycles. The summed E-state index contributed by atoms with van der Waals surface area (Å²) in [4.78, 5) is 23.0. The van der Waals surface area contributed by atoms with Crippen LogP contribution < -0.4 is 0 Å². The molecule has 2 aromatic heterocycles. The minimum Gasteiger partial charge on any atom is -0.378 e. The van der Waals surface area contributed by atoms with Crippen LogP contribution in [0.2, 0.25) is 0 Å². The number of fused-ring (bicyclic) bond motifs is 1.